The summed E-state index contributed by atoms with van der Waals surface area (Å²) in [5.41, 5.74) is 2.78. The molecule has 0 saturated heterocycles. The number of carbonyl (C=O) groups is 4. The Kier molecular flexibility index (Phi) is 11.6. The van der Waals surface area contributed by atoms with Crippen LogP contribution in [0.4, 0.5) is 21.9 Å². The minimum Gasteiger partial charge on any atom is -0.481 e. The summed E-state index contributed by atoms with van der Waals surface area (Å²) < 4.78 is 0. The number of benzene rings is 2. The first-order chi connectivity index (χ1) is 17.5. The van der Waals surface area contributed by atoms with Crippen molar-refractivity contribution in [3.05, 3.63) is 54.1 Å². The summed E-state index contributed by atoms with van der Waals surface area (Å²) in [6.07, 6.45) is 1.42. The summed E-state index contributed by atoms with van der Waals surface area (Å²) in [5.74, 6) is -1.12. The molecule has 2 aromatic carbocycles. The number of rotatable bonds is 13. The summed E-state index contributed by atoms with van der Waals surface area (Å²) in [6, 6.07) is 13.8. The molecule has 0 unspecified atom stereocenters. The van der Waals surface area contributed by atoms with Crippen LogP contribution in [0.5, 0.6) is 0 Å². The molecule has 4 N–H and O–H groups in total. The van der Waals surface area contributed by atoms with E-state index in [2.05, 4.69) is 29.8 Å². The van der Waals surface area contributed by atoms with E-state index in [-0.39, 0.29) is 43.1 Å². The third-order valence-electron chi connectivity index (χ3n) is 5.86. The van der Waals surface area contributed by atoms with Crippen LogP contribution in [0.1, 0.15) is 52.0 Å². The van der Waals surface area contributed by atoms with Gasteiger partial charge in [-0.3, -0.25) is 14.4 Å². The summed E-state index contributed by atoms with van der Waals surface area (Å²) in [4.78, 5) is 50.2. The summed E-state index contributed by atoms with van der Waals surface area (Å²) >= 11 is 0. The molecule has 0 spiro atoms. The van der Waals surface area contributed by atoms with E-state index in [4.69, 9.17) is 5.11 Å². The van der Waals surface area contributed by atoms with E-state index in [1.165, 1.54) is 4.90 Å². The van der Waals surface area contributed by atoms with Gasteiger partial charge in [-0.2, -0.15) is 0 Å². The lowest BCUT2D eigenvalue weighted by Crippen LogP contribution is -2.39. The van der Waals surface area contributed by atoms with Crippen LogP contribution in [0.15, 0.2) is 48.5 Å². The third-order valence-corrected chi connectivity index (χ3v) is 5.86. The van der Waals surface area contributed by atoms with Crippen molar-refractivity contribution in [3.63, 3.8) is 0 Å². The Bertz CT molecular complexity index is 1070. The Labute approximate surface area is 218 Å². The highest BCUT2D eigenvalue weighted by atomic mass is 16.4. The van der Waals surface area contributed by atoms with E-state index < -0.39 is 5.97 Å². The second-order valence-electron chi connectivity index (χ2n) is 9.76. The molecule has 0 heterocycles. The summed E-state index contributed by atoms with van der Waals surface area (Å²) in [5, 5.41) is 17.3. The lowest BCUT2D eigenvalue weighted by atomic mass is 10.0. The van der Waals surface area contributed by atoms with Crippen LogP contribution in [-0.4, -0.2) is 46.9 Å². The molecule has 4 amide bonds. The van der Waals surface area contributed by atoms with Crippen molar-refractivity contribution in [2.45, 2.75) is 53.4 Å². The number of urea groups is 1. The predicted octanol–water partition coefficient (Wildman–Crippen LogP) is 5.34. The van der Waals surface area contributed by atoms with Gasteiger partial charge in [0.2, 0.25) is 11.8 Å². The SMILES string of the molecule is Cc1ccccc1NC(=O)Nc1ccc(NC(=O)CN(CCC(C)C)C(=O)CC[C@H](C)CC(=O)O)cc1. The van der Waals surface area contributed by atoms with E-state index in [0.29, 0.717) is 30.3 Å². The van der Waals surface area contributed by atoms with Crippen molar-refractivity contribution in [2.24, 2.45) is 11.8 Å². The zero-order valence-corrected chi connectivity index (χ0v) is 22.0. The minimum absolute atomic E-state index is 0.0121. The fourth-order valence-corrected chi connectivity index (χ4v) is 3.64. The van der Waals surface area contributed by atoms with Crippen molar-refractivity contribution in [3.8, 4) is 0 Å². The van der Waals surface area contributed by atoms with Gasteiger partial charge in [0.05, 0.1) is 6.54 Å². The lowest BCUT2D eigenvalue weighted by molar-refractivity contribution is -0.139. The van der Waals surface area contributed by atoms with Crippen LogP contribution in [-0.2, 0) is 14.4 Å². The maximum Gasteiger partial charge on any atom is 0.323 e. The number of nitrogens with one attached hydrogen (secondary N) is 3. The highest BCUT2D eigenvalue weighted by Gasteiger charge is 2.19. The first-order valence-electron chi connectivity index (χ1n) is 12.6. The third kappa shape index (κ3) is 11.2. The van der Waals surface area contributed by atoms with Crippen molar-refractivity contribution < 1.29 is 24.3 Å². The highest BCUT2D eigenvalue weighted by Crippen LogP contribution is 2.17. The number of hydrogen-bond acceptors (Lipinski definition) is 4. The van der Waals surface area contributed by atoms with Crippen molar-refractivity contribution in [2.75, 3.05) is 29.0 Å². The molecular formula is C28H38N4O5. The van der Waals surface area contributed by atoms with Gasteiger partial charge in [-0.15, -0.1) is 0 Å². The molecule has 0 aliphatic heterocycles. The van der Waals surface area contributed by atoms with Gasteiger partial charge in [0.15, 0.2) is 0 Å². The van der Waals surface area contributed by atoms with Crippen LogP contribution in [0, 0.1) is 18.8 Å². The molecule has 37 heavy (non-hydrogen) atoms. The second kappa shape index (κ2) is 14.6. The topological polar surface area (TPSA) is 128 Å². The zero-order chi connectivity index (χ0) is 27.4. The van der Waals surface area contributed by atoms with Crippen LogP contribution in [0.3, 0.4) is 0 Å². The standard InChI is InChI=1S/C28H38N4O5/c1-19(2)15-16-32(26(34)14-9-20(3)17-27(35)36)18-25(33)29-22-10-12-23(13-11-22)30-28(37)31-24-8-6-5-7-21(24)4/h5-8,10-13,19-20H,9,14-18H2,1-4H3,(H,29,33)(H,35,36)(H2,30,31,37)/t20-/m0/s1. The molecule has 0 saturated carbocycles. The van der Waals surface area contributed by atoms with Crippen molar-refractivity contribution in [1.29, 1.82) is 0 Å². The first-order valence-corrected chi connectivity index (χ1v) is 12.6. The maximum atomic E-state index is 12.8. The quantitative estimate of drug-likeness (QED) is 0.289. The Morgan fingerprint density at radius 2 is 1.49 bits per heavy atom. The van der Waals surface area contributed by atoms with E-state index in [0.717, 1.165) is 17.7 Å². The van der Waals surface area contributed by atoms with Gasteiger partial charge in [-0.25, -0.2) is 4.79 Å². The number of anilines is 3. The fourth-order valence-electron chi connectivity index (χ4n) is 3.64. The van der Waals surface area contributed by atoms with Crippen molar-refractivity contribution in [1.82, 2.24) is 4.90 Å². The number of nitrogens with zero attached hydrogens (tertiary/aromatic N) is 1. The van der Waals surface area contributed by atoms with Gasteiger partial charge < -0.3 is 26.0 Å². The molecule has 200 valence electrons. The number of hydrogen-bond donors (Lipinski definition) is 4. The molecule has 0 aromatic heterocycles. The molecule has 0 bridgehead atoms. The molecule has 0 radical (unpaired) electrons. The average molecular weight is 511 g/mol. The average Bonchev–Trinajstić information content (AvgIpc) is 2.82. The smallest absolute Gasteiger partial charge is 0.323 e. The number of carboxylic acid groups (broad SMARTS) is 1. The monoisotopic (exact) mass is 510 g/mol. The second-order valence-corrected chi connectivity index (χ2v) is 9.76. The fraction of sp³-hybridized carbons (Fsp3) is 0.429. The Hall–Kier alpha value is -3.88. The molecule has 0 aliphatic carbocycles. The van der Waals surface area contributed by atoms with E-state index in [1.807, 2.05) is 31.2 Å². The molecular weight excluding hydrogens is 472 g/mol. The first kappa shape index (κ1) is 29.4. The predicted molar refractivity (Wildman–Crippen MR) is 146 cm³/mol. The molecule has 0 aliphatic rings. The van der Waals surface area contributed by atoms with Gasteiger partial charge in [-0.1, -0.05) is 39.0 Å². The van der Waals surface area contributed by atoms with Crippen LogP contribution >= 0.6 is 0 Å². The normalized spacial score (nSPS) is 11.5. The lowest BCUT2D eigenvalue weighted by Gasteiger charge is -2.24. The van der Waals surface area contributed by atoms with Crippen LogP contribution in [0.25, 0.3) is 0 Å². The highest BCUT2D eigenvalue weighted by molar-refractivity contribution is 6.00. The number of aryl methyl sites for hydroxylation is 1. The molecule has 9 nitrogen and oxygen atoms in total. The largest absolute Gasteiger partial charge is 0.481 e. The number of amides is 4. The van der Waals surface area contributed by atoms with Gasteiger partial charge in [0.25, 0.3) is 0 Å². The molecule has 1 atom stereocenters. The Morgan fingerprint density at radius 1 is 0.865 bits per heavy atom. The Balaban J connectivity index is 1.90. The van der Waals surface area contributed by atoms with Gasteiger partial charge in [-0.05, 0) is 67.5 Å². The van der Waals surface area contributed by atoms with E-state index in [1.54, 1.807) is 31.2 Å². The number of carbonyl (C=O) groups excluding carboxylic acids is 3. The van der Waals surface area contributed by atoms with Gasteiger partial charge in [0, 0.05) is 36.4 Å². The van der Waals surface area contributed by atoms with Crippen LogP contribution < -0.4 is 16.0 Å². The Morgan fingerprint density at radius 3 is 2.08 bits per heavy atom. The minimum atomic E-state index is -0.885. The maximum absolute atomic E-state index is 12.8. The van der Waals surface area contributed by atoms with Crippen LogP contribution in [0.2, 0.25) is 0 Å². The molecule has 9 heteroatoms. The van der Waals surface area contributed by atoms with Gasteiger partial charge >= 0.3 is 12.0 Å². The molecule has 0 fully saturated rings. The zero-order valence-electron chi connectivity index (χ0n) is 22.0. The van der Waals surface area contributed by atoms with Crippen molar-refractivity contribution >= 4 is 40.9 Å². The molecule has 2 rings (SSSR count). The van der Waals surface area contributed by atoms with E-state index >= 15 is 0 Å². The molecule has 2 aromatic rings. The number of para-hydroxylation sites is 1. The summed E-state index contributed by atoms with van der Waals surface area (Å²) in [6.45, 7) is 8.18. The number of carboxylic acids is 1. The number of aliphatic carboxylic acids is 1. The summed E-state index contributed by atoms with van der Waals surface area (Å²) in [7, 11) is 0. The van der Waals surface area contributed by atoms with E-state index in [9.17, 15) is 19.2 Å². The van der Waals surface area contributed by atoms with Gasteiger partial charge in [0.1, 0.15) is 0 Å².